The van der Waals surface area contributed by atoms with Gasteiger partial charge in [-0.05, 0) is 34.7 Å². The van der Waals surface area contributed by atoms with Crippen molar-refractivity contribution in [3.05, 3.63) is 53.1 Å². The van der Waals surface area contributed by atoms with E-state index in [9.17, 15) is 4.79 Å². The number of methoxy groups -OCH3 is 2. The Hall–Kier alpha value is -3.33. The lowest BCUT2D eigenvalue weighted by Gasteiger charge is -2.35. The van der Waals surface area contributed by atoms with Gasteiger partial charge in [-0.1, -0.05) is 34.9 Å². The maximum absolute atomic E-state index is 13.0. The quantitative estimate of drug-likeness (QED) is 0.616. The maximum atomic E-state index is 13.0. The van der Waals surface area contributed by atoms with Gasteiger partial charge in [0, 0.05) is 31.7 Å². The van der Waals surface area contributed by atoms with Gasteiger partial charge in [0.05, 0.1) is 24.9 Å². The average molecular weight is 429 g/mol. The fourth-order valence-corrected chi connectivity index (χ4v) is 3.74. The number of para-hydroxylation sites is 1. The molecule has 1 aliphatic heterocycles. The van der Waals surface area contributed by atoms with Crippen LogP contribution in [0.15, 0.2) is 42.5 Å². The number of carbonyl (C=O) groups excluding carboxylic acids is 1. The van der Waals surface area contributed by atoms with E-state index in [1.807, 2.05) is 30.3 Å². The summed E-state index contributed by atoms with van der Waals surface area (Å²) in [7, 11) is 3.02. The molecule has 1 aliphatic rings. The first-order valence-corrected chi connectivity index (χ1v) is 9.79. The first kappa shape index (κ1) is 20.0. The van der Waals surface area contributed by atoms with Crippen molar-refractivity contribution in [2.75, 3.05) is 45.3 Å². The van der Waals surface area contributed by atoms with Crippen molar-refractivity contribution < 1.29 is 14.3 Å². The fourth-order valence-electron chi connectivity index (χ4n) is 3.45. The maximum Gasteiger partial charge on any atom is 0.254 e. The van der Waals surface area contributed by atoms with E-state index in [1.165, 1.54) is 14.2 Å². The Morgan fingerprint density at radius 3 is 2.43 bits per heavy atom. The number of aromatic nitrogens is 4. The second kappa shape index (κ2) is 8.58. The molecule has 0 atom stereocenters. The summed E-state index contributed by atoms with van der Waals surface area (Å²) in [6.07, 6.45) is 0. The van der Waals surface area contributed by atoms with Crippen LogP contribution in [-0.2, 0) is 0 Å². The number of carbonyl (C=O) groups is 1. The van der Waals surface area contributed by atoms with E-state index in [-0.39, 0.29) is 5.91 Å². The van der Waals surface area contributed by atoms with Crippen LogP contribution in [0.3, 0.4) is 0 Å². The second-order valence-corrected chi connectivity index (χ2v) is 7.11. The summed E-state index contributed by atoms with van der Waals surface area (Å²) in [5.41, 5.74) is 1.34. The Bertz CT molecular complexity index is 1030. The van der Waals surface area contributed by atoms with Crippen LogP contribution in [0.4, 0.5) is 5.95 Å². The molecule has 30 heavy (non-hydrogen) atoms. The van der Waals surface area contributed by atoms with Gasteiger partial charge in [-0.25, -0.2) is 0 Å². The van der Waals surface area contributed by atoms with E-state index in [0.717, 1.165) is 5.69 Å². The molecule has 0 N–H and O–H groups in total. The molecule has 2 heterocycles. The molecule has 1 amide bonds. The number of halogens is 1. The number of piperazine rings is 1. The third-order valence-electron chi connectivity index (χ3n) is 4.98. The summed E-state index contributed by atoms with van der Waals surface area (Å²) >= 11 is 6.25. The lowest BCUT2D eigenvalue weighted by atomic mass is 10.1. The molecule has 0 unspecified atom stereocenters. The molecule has 1 aromatic heterocycles. The van der Waals surface area contributed by atoms with Gasteiger partial charge < -0.3 is 19.3 Å². The molecule has 0 saturated carbocycles. The predicted octanol–water partition coefficient (Wildman–Crippen LogP) is 2.30. The Morgan fingerprint density at radius 2 is 1.77 bits per heavy atom. The molecule has 2 aromatic carbocycles. The van der Waals surface area contributed by atoms with E-state index >= 15 is 0 Å². The van der Waals surface area contributed by atoms with Crippen LogP contribution in [0.25, 0.3) is 5.69 Å². The van der Waals surface area contributed by atoms with Crippen LogP contribution in [0.5, 0.6) is 11.5 Å². The van der Waals surface area contributed by atoms with Crippen LogP contribution < -0.4 is 14.4 Å². The molecular formula is C20H21ClN6O3. The number of anilines is 1. The third kappa shape index (κ3) is 3.76. The van der Waals surface area contributed by atoms with Crippen LogP contribution in [0.2, 0.25) is 5.02 Å². The molecule has 0 spiro atoms. The summed E-state index contributed by atoms with van der Waals surface area (Å²) in [4.78, 5) is 16.9. The highest BCUT2D eigenvalue weighted by atomic mass is 35.5. The predicted molar refractivity (Wildman–Crippen MR) is 112 cm³/mol. The van der Waals surface area contributed by atoms with Gasteiger partial charge in [-0.3, -0.25) is 4.79 Å². The molecule has 1 saturated heterocycles. The molecule has 0 aliphatic carbocycles. The molecule has 156 valence electrons. The number of hydrogen-bond donors (Lipinski definition) is 0. The van der Waals surface area contributed by atoms with Crippen LogP contribution in [0, 0.1) is 0 Å². The van der Waals surface area contributed by atoms with Gasteiger partial charge in [0.25, 0.3) is 5.91 Å². The smallest absolute Gasteiger partial charge is 0.254 e. The van der Waals surface area contributed by atoms with Crippen molar-refractivity contribution in [2.24, 2.45) is 0 Å². The summed E-state index contributed by atoms with van der Waals surface area (Å²) in [5.74, 6) is 1.38. The zero-order chi connectivity index (χ0) is 21.1. The summed E-state index contributed by atoms with van der Waals surface area (Å²) in [6.45, 7) is 2.29. The van der Waals surface area contributed by atoms with E-state index in [2.05, 4.69) is 20.4 Å². The summed E-state index contributed by atoms with van der Waals surface area (Å²) < 4.78 is 12.2. The highest BCUT2D eigenvalue weighted by Gasteiger charge is 2.26. The normalized spacial score (nSPS) is 14.0. The van der Waals surface area contributed by atoms with Gasteiger partial charge >= 0.3 is 0 Å². The number of tetrazole rings is 1. The summed E-state index contributed by atoms with van der Waals surface area (Å²) in [6, 6.07) is 13.0. The number of hydrogen-bond acceptors (Lipinski definition) is 7. The minimum Gasteiger partial charge on any atom is -0.493 e. The SMILES string of the molecule is COc1cc(C(=O)N2CCN(c3nnnn3-c3ccccc3)CC2)cc(Cl)c1OC. The van der Waals surface area contributed by atoms with Gasteiger partial charge in [0.15, 0.2) is 11.5 Å². The minimum absolute atomic E-state index is 0.111. The van der Waals surface area contributed by atoms with Crippen molar-refractivity contribution >= 4 is 23.5 Å². The van der Waals surface area contributed by atoms with Gasteiger partial charge in [-0.15, -0.1) is 0 Å². The third-order valence-corrected chi connectivity index (χ3v) is 5.26. The van der Waals surface area contributed by atoms with E-state index in [0.29, 0.717) is 54.2 Å². The molecule has 9 nitrogen and oxygen atoms in total. The largest absolute Gasteiger partial charge is 0.493 e. The highest BCUT2D eigenvalue weighted by molar-refractivity contribution is 6.32. The number of amides is 1. The summed E-state index contributed by atoms with van der Waals surface area (Å²) in [5, 5.41) is 12.4. The monoisotopic (exact) mass is 428 g/mol. The van der Waals surface area contributed by atoms with Crippen LogP contribution in [-0.4, -0.2) is 71.4 Å². The fraction of sp³-hybridized carbons (Fsp3) is 0.300. The zero-order valence-electron chi connectivity index (χ0n) is 16.7. The Labute approximate surface area is 178 Å². The molecule has 1 fully saturated rings. The van der Waals surface area contributed by atoms with Crippen molar-refractivity contribution in [1.82, 2.24) is 25.1 Å². The molecule has 0 radical (unpaired) electrons. The highest BCUT2D eigenvalue weighted by Crippen LogP contribution is 2.36. The number of benzene rings is 2. The van der Waals surface area contributed by atoms with Crippen molar-refractivity contribution in [3.63, 3.8) is 0 Å². The van der Waals surface area contributed by atoms with Crippen molar-refractivity contribution in [3.8, 4) is 17.2 Å². The molecule has 10 heteroatoms. The topological polar surface area (TPSA) is 85.6 Å². The molecule has 0 bridgehead atoms. The van der Waals surface area contributed by atoms with E-state index in [4.69, 9.17) is 21.1 Å². The average Bonchev–Trinajstić information content (AvgIpc) is 3.28. The number of nitrogens with zero attached hydrogens (tertiary/aromatic N) is 6. The van der Waals surface area contributed by atoms with Gasteiger partial charge in [0.2, 0.25) is 5.95 Å². The van der Waals surface area contributed by atoms with Gasteiger partial charge in [0.1, 0.15) is 0 Å². The lowest BCUT2D eigenvalue weighted by molar-refractivity contribution is 0.0745. The lowest BCUT2D eigenvalue weighted by Crippen LogP contribution is -2.49. The molecule has 3 aromatic rings. The van der Waals surface area contributed by atoms with Crippen molar-refractivity contribution in [1.29, 1.82) is 0 Å². The number of ether oxygens (including phenoxy) is 2. The Morgan fingerprint density at radius 1 is 1.03 bits per heavy atom. The second-order valence-electron chi connectivity index (χ2n) is 6.70. The molecular weight excluding hydrogens is 408 g/mol. The number of rotatable bonds is 5. The first-order valence-electron chi connectivity index (χ1n) is 9.42. The Balaban J connectivity index is 1.48. The standard InChI is InChI=1S/C20H21ClN6O3/c1-29-17-13-14(12-16(21)18(17)30-2)19(28)25-8-10-26(11-9-25)20-22-23-24-27(20)15-6-4-3-5-7-15/h3-7,12-13H,8-11H2,1-2H3. The minimum atomic E-state index is -0.111. The first-order chi connectivity index (χ1) is 14.6. The van der Waals surface area contributed by atoms with Crippen LogP contribution >= 0.6 is 11.6 Å². The van der Waals surface area contributed by atoms with Crippen molar-refractivity contribution in [2.45, 2.75) is 0 Å². The van der Waals surface area contributed by atoms with E-state index in [1.54, 1.807) is 21.7 Å². The van der Waals surface area contributed by atoms with Crippen LogP contribution in [0.1, 0.15) is 10.4 Å². The van der Waals surface area contributed by atoms with E-state index < -0.39 is 0 Å². The van der Waals surface area contributed by atoms with Gasteiger partial charge in [-0.2, -0.15) is 4.68 Å². The molecule has 4 rings (SSSR count). The zero-order valence-corrected chi connectivity index (χ0v) is 17.4. The Kier molecular flexibility index (Phi) is 5.71.